The van der Waals surface area contributed by atoms with Gasteiger partial charge >= 0.3 is 6.36 Å². The van der Waals surface area contributed by atoms with E-state index in [-0.39, 0.29) is 42.9 Å². The van der Waals surface area contributed by atoms with Crippen molar-refractivity contribution in [2.24, 2.45) is 5.92 Å². The number of carbonyl (C=O) groups excluding carboxylic acids is 2. The van der Waals surface area contributed by atoms with E-state index in [1.54, 1.807) is 4.90 Å². The van der Waals surface area contributed by atoms with E-state index in [4.69, 9.17) is 11.6 Å². The lowest BCUT2D eigenvalue weighted by molar-refractivity contribution is -0.351. The second kappa shape index (κ2) is 8.73. The monoisotopic (exact) mass is 426 g/mol. The van der Waals surface area contributed by atoms with E-state index in [0.717, 1.165) is 6.42 Å². The molecule has 3 rings (SSSR count). The summed E-state index contributed by atoms with van der Waals surface area (Å²) < 4.78 is 42.3. The molecule has 2 N–H and O–H groups in total. The van der Waals surface area contributed by atoms with Crippen LogP contribution < -0.4 is 10.9 Å². The molecule has 7 nitrogen and oxygen atoms in total. The van der Waals surface area contributed by atoms with Crippen LogP contribution in [0.3, 0.4) is 0 Å². The summed E-state index contributed by atoms with van der Waals surface area (Å²) in [6.07, 6.45) is -3.06. The second-order valence-corrected chi connectivity index (χ2v) is 8.24. The van der Waals surface area contributed by atoms with E-state index in [1.807, 2.05) is 11.8 Å². The summed E-state index contributed by atoms with van der Waals surface area (Å²) in [6.45, 7) is 3.12. The van der Waals surface area contributed by atoms with Crippen LogP contribution in [-0.2, 0) is 14.3 Å². The van der Waals surface area contributed by atoms with Gasteiger partial charge in [-0.05, 0) is 19.8 Å². The van der Waals surface area contributed by atoms with Crippen molar-refractivity contribution in [3.05, 3.63) is 0 Å². The molecular formula is C17H26ClF3N4O3. The topological polar surface area (TPSA) is 73.9 Å². The Balaban J connectivity index is 1.59. The second-order valence-electron chi connectivity index (χ2n) is 7.77. The van der Waals surface area contributed by atoms with Gasteiger partial charge < -0.3 is 4.90 Å². The molecule has 11 heteroatoms. The highest BCUT2D eigenvalue weighted by molar-refractivity contribution is 6.31. The van der Waals surface area contributed by atoms with E-state index in [2.05, 4.69) is 15.6 Å². The number of ether oxygens (including phenoxy) is 1. The molecule has 0 aromatic rings. The average molecular weight is 427 g/mol. The van der Waals surface area contributed by atoms with Crippen LogP contribution in [0.2, 0.25) is 0 Å². The number of hydrogen-bond donors (Lipinski definition) is 2. The molecule has 5 unspecified atom stereocenters. The van der Waals surface area contributed by atoms with Gasteiger partial charge in [0.1, 0.15) is 5.38 Å². The summed E-state index contributed by atoms with van der Waals surface area (Å²) >= 11 is 6.24. The van der Waals surface area contributed by atoms with Gasteiger partial charge in [0.05, 0.1) is 18.7 Å². The molecule has 3 fully saturated rings. The highest BCUT2D eigenvalue weighted by Gasteiger charge is 2.43. The molecule has 0 bridgehead atoms. The molecule has 2 heterocycles. The first-order chi connectivity index (χ1) is 13.2. The Morgan fingerprint density at radius 2 is 1.93 bits per heavy atom. The third-order valence-corrected chi connectivity index (χ3v) is 6.29. The smallest absolute Gasteiger partial charge is 0.340 e. The predicted octanol–water partition coefficient (Wildman–Crippen LogP) is 1.22. The van der Waals surface area contributed by atoms with Crippen LogP contribution in [0.4, 0.5) is 13.2 Å². The highest BCUT2D eigenvalue weighted by atomic mass is 35.5. The molecule has 3 aliphatic rings. The van der Waals surface area contributed by atoms with Gasteiger partial charge in [0.2, 0.25) is 5.91 Å². The summed E-state index contributed by atoms with van der Waals surface area (Å²) in [7, 11) is 0. The Kier molecular flexibility index (Phi) is 6.73. The van der Waals surface area contributed by atoms with Gasteiger partial charge in [0, 0.05) is 31.6 Å². The fourth-order valence-electron chi connectivity index (χ4n) is 4.42. The Morgan fingerprint density at radius 3 is 2.61 bits per heavy atom. The molecule has 2 aliphatic heterocycles. The van der Waals surface area contributed by atoms with Crippen molar-refractivity contribution >= 4 is 23.4 Å². The van der Waals surface area contributed by atoms with Gasteiger partial charge in [0.15, 0.2) is 0 Å². The number of rotatable bonds is 4. The van der Waals surface area contributed by atoms with Gasteiger partial charge in [0.25, 0.3) is 5.91 Å². The number of nitrogens with one attached hydrogen (secondary N) is 2. The number of alkyl halides is 4. The van der Waals surface area contributed by atoms with Crippen molar-refractivity contribution in [1.82, 2.24) is 20.7 Å². The summed E-state index contributed by atoms with van der Waals surface area (Å²) in [5, 5.41) is -0.779. The minimum atomic E-state index is -4.66. The molecule has 0 aromatic carbocycles. The van der Waals surface area contributed by atoms with Crippen molar-refractivity contribution in [2.75, 3.05) is 26.2 Å². The predicted molar refractivity (Wildman–Crippen MR) is 95.2 cm³/mol. The zero-order chi connectivity index (χ0) is 20.5. The van der Waals surface area contributed by atoms with Gasteiger partial charge in [-0.2, -0.15) is 0 Å². The maximum absolute atomic E-state index is 12.7. The zero-order valence-corrected chi connectivity index (χ0v) is 16.4. The third kappa shape index (κ3) is 5.08. The number of piperazine rings is 1. The first-order valence-corrected chi connectivity index (χ1v) is 10.0. The van der Waals surface area contributed by atoms with Crippen LogP contribution in [0.25, 0.3) is 0 Å². The Morgan fingerprint density at radius 1 is 1.21 bits per heavy atom. The molecule has 0 spiro atoms. The molecule has 5 atom stereocenters. The van der Waals surface area contributed by atoms with Crippen molar-refractivity contribution in [1.29, 1.82) is 0 Å². The van der Waals surface area contributed by atoms with E-state index in [0.29, 0.717) is 32.4 Å². The minimum Gasteiger partial charge on any atom is -0.340 e. The van der Waals surface area contributed by atoms with Crippen molar-refractivity contribution in [2.45, 2.75) is 62.5 Å². The number of amides is 2. The number of halogens is 4. The van der Waals surface area contributed by atoms with E-state index in [9.17, 15) is 22.8 Å². The van der Waals surface area contributed by atoms with Crippen LogP contribution in [0.5, 0.6) is 0 Å². The van der Waals surface area contributed by atoms with Crippen molar-refractivity contribution in [3.63, 3.8) is 0 Å². The number of carbonyl (C=O) groups is 2. The van der Waals surface area contributed by atoms with E-state index < -0.39 is 17.8 Å². The quantitative estimate of drug-likeness (QED) is 0.661. The summed E-state index contributed by atoms with van der Waals surface area (Å²) in [5.74, 6) is -0.827. The standard InChI is InChI=1S/C17H26ClF3N4O3/c1-10-15(14(18)16(27)23-22-10)25-7-6-24(13(26)9-25)8-11-4-2-3-5-12(11)28-17(19,20)21/h10-12,14-15,22H,2-9H2,1H3,(H,23,27). The van der Waals surface area contributed by atoms with Crippen LogP contribution in [0.1, 0.15) is 32.6 Å². The van der Waals surface area contributed by atoms with Crippen LogP contribution in [0, 0.1) is 5.92 Å². The summed E-state index contributed by atoms with van der Waals surface area (Å²) in [4.78, 5) is 28.0. The van der Waals surface area contributed by atoms with Crippen LogP contribution in [0.15, 0.2) is 0 Å². The number of hydrazine groups is 1. The van der Waals surface area contributed by atoms with Gasteiger partial charge in [-0.1, -0.05) is 12.8 Å². The Bertz CT molecular complexity index is 594. The van der Waals surface area contributed by atoms with Gasteiger partial charge in [-0.25, -0.2) is 5.43 Å². The largest absolute Gasteiger partial charge is 0.522 e. The summed E-state index contributed by atoms with van der Waals surface area (Å²) in [6, 6.07) is -0.472. The normalized spacial score (nSPS) is 35.8. The van der Waals surface area contributed by atoms with E-state index in [1.165, 1.54) is 0 Å². The molecular weight excluding hydrogens is 401 g/mol. The average Bonchev–Trinajstić information content (AvgIpc) is 2.61. The fourth-order valence-corrected chi connectivity index (χ4v) is 4.85. The molecule has 2 saturated heterocycles. The fraction of sp³-hybridized carbons (Fsp3) is 0.882. The molecule has 1 aliphatic carbocycles. The number of nitrogens with zero attached hydrogens (tertiary/aromatic N) is 2. The SMILES string of the molecule is CC1NNC(=O)C(Cl)C1N1CCN(CC2CCCCC2OC(F)(F)F)C(=O)C1. The van der Waals surface area contributed by atoms with Gasteiger partial charge in [-0.3, -0.25) is 24.7 Å². The first-order valence-electron chi connectivity index (χ1n) is 9.61. The molecule has 28 heavy (non-hydrogen) atoms. The van der Waals surface area contributed by atoms with Crippen LogP contribution in [-0.4, -0.2) is 77.7 Å². The van der Waals surface area contributed by atoms with Gasteiger partial charge in [-0.15, -0.1) is 24.8 Å². The Labute approximate surface area is 166 Å². The maximum Gasteiger partial charge on any atom is 0.522 e. The van der Waals surface area contributed by atoms with Crippen molar-refractivity contribution in [3.8, 4) is 0 Å². The zero-order valence-electron chi connectivity index (χ0n) is 15.7. The summed E-state index contributed by atoms with van der Waals surface area (Å²) in [5.41, 5.74) is 5.35. The Hall–Kier alpha value is -1.10. The molecule has 2 amide bonds. The highest BCUT2D eigenvalue weighted by Crippen LogP contribution is 2.33. The molecule has 0 radical (unpaired) electrons. The first kappa shape index (κ1) is 21.6. The van der Waals surface area contributed by atoms with E-state index >= 15 is 0 Å². The maximum atomic E-state index is 12.7. The van der Waals surface area contributed by atoms with Crippen molar-refractivity contribution < 1.29 is 27.5 Å². The lowest BCUT2D eigenvalue weighted by Gasteiger charge is -2.45. The number of hydrogen-bond acceptors (Lipinski definition) is 5. The van der Waals surface area contributed by atoms with Crippen LogP contribution >= 0.6 is 11.6 Å². The third-order valence-electron chi connectivity index (χ3n) is 5.83. The minimum absolute atomic E-state index is 0.0880. The lowest BCUT2D eigenvalue weighted by Crippen LogP contribution is -2.69. The molecule has 160 valence electrons. The molecule has 0 aromatic heterocycles. The molecule has 1 saturated carbocycles. The lowest BCUT2D eigenvalue weighted by atomic mass is 9.86.